The van der Waals surface area contributed by atoms with Crippen molar-refractivity contribution in [3.8, 4) is 11.5 Å². The number of hydrogen-bond donors (Lipinski definition) is 0. The predicted octanol–water partition coefficient (Wildman–Crippen LogP) is 2.20. The molecule has 7 heteroatoms. The van der Waals surface area contributed by atoms with Crippen molar-refractivity contribution >= 4 is 11.8 Å². The van der Waals surface area contributed by atoms with Gasteiger partial charge in [-0.2, -0.15) is 4.98 Å². The summed E-state index contributed by atoms with van der Waals surface area (Å²) in [5.74, 6) is 3.32. The number of anilines is 2. The number of rotatable bonds is 4. The van der Waals surface area contributed by atoms with Crippen LogP contribution in [0.2, 0.25) is 0 Å². The second-order valence-corrected chi connectivity index (χ2v) is 6.91. The fourth-order valence-corrected chi connectivity index (χ4v) is 3.69. The molecule has 0 saturated carbocycles. The first kappa shape index (κ1) is 17.9. The van der Waals surface area contributed by atoms with E-state index in [1.54, 1.807) is 14.2 Å². The fourth-order valence-electron chi connectivity index (χ4n) is 3.69. The highest BCUT2D eigenvalue weighted by Gasteiger charge is 2.23. The second kappa shape index (κ2) is 7.60. The maximum Gasteiger partial charge on any atom is 0.227 e. The maximum absolute atomic E-state index is 5.47. The first-order valence-corrected chi connectivity index (χ1v) is 9.35. The van der Waals surface area contributed by atoms with Gasteiger partial charge in [-0.25, -0.2) is 4.98 Å². The molecule has 0 bridgehead atoms. The summed E-state index contributed by atoms with van der Waals surface area (Å²) in [5, 5.41) is 0. The van der Waals surface area contributed by atoms with Gasteiger partial charge in [-0.3, -0.25) is 0 Å². The molecular formula is C20H26N4O3. The molecule has 2 aliphatic heterocycles. The van der Waals surface area contributed by atoms with Gasteiger partial charge in [-0.05, 0) is 36.6 Å². The molecule has 144 valence electrons. The third kappa shape index (κ3) is 3.64. The third-order valence-corrected chi connectivity index (χ3v) is 5.16. The Labute approximate surface area is 159 Å². The third-order valence-electron chi connectivity index (χ3n) is 5.16. The summed E-state index contributed by atoms with van der Waals surface area (Å²) in [5.41, 5.74) is 3.52. The Hall–Kier alpha value is -2.54. The number of morpholine rings is 1. The number of fused-ring (bicyclic) bond motifs is 1. The van der Waals surface area contributed by atoms with E-state index >= 15 is 0 Å². The number of nitrogens with zero attached hydrogens (tertiary/aromatic N) is 4. The minimum Gasteiger partial charge on any atom is -0.493 e. The number of aryl methyl sites for hydroxylation is 1. The lowest BCUT2D eigenvalue weighted by atomic mass is 9.99. The quantitative estimate of drug-likeness (QED) is 0.818. The lowest BCUT2D eigenvalue weighted by Gasteiger charge is -2.32. The zero-order valence-corrected chi connectivity index (χ0v) is 16.2. The van der Waals surface area contributed by atoms with Gasteiger partial charge in [0.15, 0.2) is 11.5 Å². The van der Waals surface area contributed by atoms with Crippen LogP contribution in [0, 0.1) is 6.92 Å². The van der Waals surface area contributed by atoms with E-state index in [0.29, 0.717) is 0 Å². The van der Waals surface area contributed by atoms with Crippen LogP contribution in [0.4, 0.5) is 11.8 Å². The van der Waals surface area contributed by atoms with Crippen molar-refractivity contribution in [2.75, 3.05) is 56.9 Å². The molecule has 1 fully saturated rings. The molecule has 2 aromatic rings. The molecule has 27 heavy (non-hydrogen) atoms. The number of hydrogen-bond acceptors (Lipinski definition) is 7. The van der Waals surface area contributed by atoms with Gasteiger partial charge in [-0.15, -0.1) is 0 Å². The van der Waals surface area contributed by atoms with Crippen LogP contribution < -0.4 is 19.3 Å². The molecule has 0 unspecified atom stereocenters. The highest BCUT2D eigenvalue weighted by Crippen LogP contribution is 2.34. The van der Waals surface area contributed by atoms with Gasteiger partial charge in [0, 0.05) is 37.9 Å². The molecule has 1 aromatic heterocycles. The number of methoxy groups -OCH3 is 2. The summed E-state index contributed by atoms with van der Waals surface area (Å²) in [4.78, 5) is 14.1. The van der Waals surface area contributed by atoms with Gasteiger partial charge in [0.25, 0.3) is 0 Å². The smallest absolute Gasteiger partial charge is 0.227 e. The molecule has 2 aliphatic rings. The monoisotopic (exact) mass is 370 g/mol. The van der Waals surface area contributed by atoms with E-state index in [9.17, 15) is 0 Å². The van der Waals surface area contributed by atoms with Crippen molar-refractivity contribution in [3.05, 3.63) is 35.0 Å². The van der Waals surface area contributed by atoms with E-state index < -0.39 is 0 Å². The molecule has 0 spiro atoms. The summed E-state index contributed by atoms with van der Waals surface area (Å²) in [7, 11) is 3.34. The molecular weight excluding hydrogens is 344 g/mol. The normalized spacial score (nSPS) is 16.9. The van der Waals surface area contributed by atoms with E-state index in [4.69, 9.17) is 24.2 Å². The minimum absolute atomic E-state index is 0.747. The molecule has 3 heterocycles. The largest absolute Gasteiger partial charge is 0.493 e. The average Bonchev–Trinajstić information content (AvgIpc) is 2.72. The molecule has 0 N–H and O–H groups in total. The second-order valence-electron chi connectivity index (χ2n) is 6.91. The van der Waals surface area contributed by atoms with Crippen molar-refractivity contribution in [2.45, 2.75) is 19.9 Å². The van der Waals surface area contributed by atoms with Crippen LogP contribution in [0.1, 0.15) is 16.8 Å². The van der Waals surface area contributed by atoms with Crippen molar-refractivity contribution in [2.24, 2.45) is 0 Å². The summed E-state index contributed by atoms with van der Waals surface area (Å²) < 4.78 is 16.4. The number of benzene rings is 1. The van der Waals surface area contributed by atoms with Gasteiger partial charge in [0.1, 0.15) is 5.82 Å². The van der Waals surface area contributed by atoms with Gasteiger partial charge in [0.05, 0.1) is 27.4 Å². The van der Waals surface area contributed by atoms with Gasteiger partial charge in [-0.1, -0.05) is 0 Å². The summed E-state index contributed by atoms with van der Waals surface area (Å²) in [6.45, 7) is 6.91. The first-order valence-electron chi connectivity index (χ1n) is 9.35. The fraction of sp³-hybridized carbons (Fsp3) is 0.500. The van der Waals surface area contributed by atoms with Crippen LogP contribution in [-0.4, -0.2) is 57.0 Å². The molecule has 0 amide bonds. The van der Waals surface area contributed by atoms with Crippen LogP contribution >= 0.6 is 0 Å². The summed E-state index contributed by atoms with van der Waals surface area (Å²) in [6, 6.07) is 6.21. The van der Waals surface area contributed by atoms with Crippen LogP contribution in [0.15, 0.2) is 18.2 Å². The molecule has 0 atom stereocenters. The Morgan fingerprint density at radius 2 is 1.59 bits per heavy atom. The van der Waals surface area contributed by atoms with Crippen molar-refractivity contribution in [1.82, 2.24) is 9.97 Å². The Kier molecular flexibility index (Phi) is 5.03. The lowest BCUT2D eigenvalue weighted by Crippen LogP contribution is -2.37. The molecule has 1 aromatic carbocycles. The minimum atomic E-state index is 0.747. The standard InChI is InChI=1S/C20H26N4O3/c1-14-10-19(23-6-8-27-9-7-23)22-20(21-14)24-5-4-15-11-17(25-2)18(26-3)12-16(15)13-24/h10-12H,4-9,13H2,1-3H3. The van der Waals surface area contributed by atoms with E-state index in [0.717, 1.165) is 74.8 Å². The van der Waals surface area contributed by atoms with Crippen molar-refractivity contribution in [3.63, 3.8) is 0 Å². The van der Waals surface area contributed by atoms with Gasteiger partial charge in [0.2, 0.25) is 5.95 Å². The van der Waals surface area contributed by atoms with Gasteiger partial charge >= 0.3 is 0 Å². The van der Waals surface area contributed by atoms with Crippen LogP contribution in [-0.2, 0) is 17.7 Å². The molecule has 0 radical (unpaired) electrons. The van der Waals surface area contributed by atoms with E-state index in [2.05, 4.69) is 28.0 Å². The maximum atomic E-state index is 5.47. The van der Waals surface area contributed by atoms with E-state index in [1.807, 2.05) is 6.92 Å². The zero-order chi connectivity index (χ0) is 18.8. The molecule has 0 aliphatic carbocycles. The molecule has 7 nitrogen and oxygen atoms in total. The Bertz CT molecular complexity index is 821. The topological polar surface area (TPSA) is 60.0 Å². The van der Waals surface area contributed by atoms with Crippen LogP contribution in [0.5, 0.6) is 11.5 Å². The van der Waals surface area contributed by atoms with Gasteiger partial charge < -0.3 is 24.0 Å². The van der Waals surface area contributed by atoms with E-state index in [-0.39, 0.29) is 0 Å². The number of aromatic nitrogens is 2. The van der Waals surface area contributed by atoms with Crippen molar-refractivity contribution < 1.29 is 14.2 Å². The Morgan fingerprint density at radius 3 is 2.30 bits per heavy atom. The van der Waals surface area contributed by atoms with Crippen LogP contribution in [0.3, 0.4) is 0 Å². The molecule has 4 rings (SSSR count). The van der Waals surface area contributed by atoms with Crippen LogP contribution in [0.25, 0.3) is 0 Å². The van der Waals surface area contributed by atoms with E-state index in [1.165, 1.54) is 11.1 Å². The number of ether oxygens (including phenoxy) is 3. The Balaban J connectivity index is 1.61. The molecule has 1 saturated heterocycles. The highest BCUT2D eigenvalue weighted by molar-refractivity contribution is 5.52. The lowest BCUT2D eigenvalue weighted by molar-refractivity contribution is 0.122. The predicted molar refractivity (Wildman–Crippen MR) is 104 cm³/mol. The zero-order valence-electron chi connectivity index (χ0n) is 16.2. The summed E-state index contributed by atoms with van der Waals surface area (Å²) in [6.07, 6.45) is 0.930. The first-order chi connectivity index (χ1) is 13.2. The van der Waals surface area contributed by atoms with Crippen molar-refractivity contribution in [1.29, 1.82) is 0 Å². The highest BCUT2D eigenvalue weighted by atomic mass is 16.5. The SMILES string of the molecule is COc1cc2c(cc1OC)CN(c1nc(C)cc(N3CCOCC3)n1)CC2. The Morgan fingerprint density at radius 1 is 0.889 bits per heavy atom. The average molecular weight is 370 g/mol. The summed E-state index contributed by atoms with van der Waals surface area (Å²) >= 11 is 0.